The summed E-state index contributed by atoms with van der Waals surface area (Å²) < 4.78 is 62.2. The van der Waals surface area contributed by atoms with E-state index in [-0.39, 0.29) is 35.7 Å². The van der Waals surface area contributed by atoms with Gasteiger partial charge >= 0.3 is 6.18 Å². The fraction of sp³-hybridized carbons (Fsp3) is 0.370. The molecule has 0 bridgehead atoms. The zero-order valence-electron chi connectivity index (χ0n) is 20.5. The first-order valence-corrected chi connectivity index (χ1v) is 12.5. The van der Waals surface area contributed by atoms with Crippen LogP contribution in [0.1, 0.15) is 48.1 Å². The number of aromatic nitrogens is 2. The number of alkyl halides is 3. The van der Waals surface area contributed by atoms with Crippen LogP contribution in [0.4, 0.5) is 17.6 Å². The number of H-pyrrole nitrogens is 1. The Morgan fingerprint density at radius 2 is 1.84 bits per heavy atom. The number of carbonyl (C=O) groups excluding carboxylic acids is 1. The lowest BCUT2D eigenvalue weighted by atomic mass is 9.86. The van der Waals surface area contributed by atoms with Crippen LogP contribution in [0.5, 0.6) is 0 Å². The van der Waals surface area contributed by atoms with E-state index in [1.54, 1.807) is 6.07 Å². The zero-order chi connectivity index (χ0) is 27.4. The van der Waals surface area contributed by atoms with Gasteiger partial charge in [0.2, 0.25) is 5.91 Å². The number of carbonyl (C=O) groups is 1. The molecular weight excluding hydrogens is 526 g/mol. The van der Waals surface area contributed by atoms with Gasteiger partial charge in [-0.1, -0.05) is 35.9 Å². The molecule has 0 spiro atoms. The summed E-state index contributed by atoms with van der Waals surface area (Å²) in [5.74, 6) is -2.35. The number of amides is 1. The summed E-state index contributed by atoms with van der Waals surface area (Å²) >= 11 is 6.16. The lowest BCUT2D eigenvalue weighted by molar-refractivity contribution is -0.137. The van der Waals surface area contributed by atoms with Crippen LogP contribution in [-0.2, 0) is 28.9 Å². The average molecular weight is 552 g/mol. The molecule has 1 aliphatic rings. The van der Waals surface area contributed by atoms with Crippen molar-refractivity contribution in [3.8, 4) is 11.4 Å². The Bertz CT molecular complexity index is 1370. The molecule has 38 heavy (non-hydrogen) atoms. The molecule has 1 amide bonds. The minimum Gasteiger partial charge on any atom is -0.373 e. The summed E-state index contributed by atoms with van der Waals surface area (Å²) in [4.78, 5) is 30.6. The number of aryl methyl sites for hydroxylation is 1. The summed E-state index contributed by atoms with van der Waals surface area (Å²) in [6.45, 7) is 1.48. The van der Waals surface area contributed by atoms with Crippen LogP contribution < -0.4 is 10.9 Å². The number of benzene rings is 2. The Morgan fingerprint density at radius 1 is 1.13 bits per heavy atom. The first kappa shape index (κ1) is 27.8. The maximum atomic E-state index is 15.4. The molecule has 1 fully saturated rings. The molecule has 0 atom stereocenters. The summed E-state index contributed by atoms with van der Waals surface area (Å²) in [7, 11) is 0. The van der Waals surface area contributed by atoms with Crippen LogP contribution in [0.25, 0.3) is 11.4 Å². The Kier molecular flexibility index (Phi) is 8.52. The molecule has 1 heterocycles. The van der Waals surface area contributed by atoms with Gasteiger partial charge in [0.05, 0.1) is 23.8 Å². The van der Waals surface area contributed by atoms with Gasteiger partial charge in [-0.25, -0.2) is 9.37 Å². The van der Waals surface area contributed by atoms with E-state index in [1.807, 2.05) is 18.2 Å². The van der Waals surface area contributed by atoms with Gasteiger partial charge in [-0.3, -0.25) is 9.59 Å². The highest BCUT2D eigenvalue weighted by Crippen LogP contribution is 2.38. The van der Waals surface area contributed by atoms with Crippen molar-refractivity contribution in [1.29, 1.82) is 0 Å². The summed E-state index contributed by atoms with van der Waals surface area (Å²) in [5.41, 5.74) is -1.96. The normalized spacial score (nSPS) is 17.8. The lowest BCUT2D eigenvalue weighted by Crippen LogP contribution is -2.34. The number of nitrogens with zero attached hydrogens (tertiary/aromatic N) is 1. The quantitative estimate of drug-likeness (QED) is 0.356. The van der Waals surface area contributed by atoms with Crippen LogP contribution in [0.15, 0.2) is 47.3 Å². The number of aromatic amines is 1. The van der Waals surface area contributed by atoms with E-state index in [0.29, 0.717) is 37.3 Å². The van der Waals surface area contributed by atoms with Gasteiger partial charge in [-0.15, -0.1) is 0 Å². The Hall–Kier alpha value is -3.24. The smallest absolute Gasteiger partial charge is 0.373 e. The fourth-order valence-electron chi connectivity index (χ4n) is 4.56. The van der Waals surface area contributed by atoms with Gasteiger partial charge < -0.3 is 15.0 Å². The largest absolute Gasteiger partial charge is 0.417 e. The Morgan fingerprint density at radius 3 is 2.50 bits per heavy atom. The van der Waals surface area contributed by atoms with Crippen LogP contribution in [0.3, 0.4) is 0 Å². The van der Waals surface area contributed by atoms with Gasteiger partial charge in [0, 0.05) is 34.8 Å². The lowest BCUT2D eigenvalue weighted by Gasteiger charge is -2.28. The highest BCUT2D eigenvalue weighted by atomic mass is 35.5. The summed E-state index contributed by atoms with van der Waals surface area (Å²) in [6.07, 6.45) is -2.45. The molecular formula is C27H26ClF4N3O3. The first-order chi connectivity index (χ1) is 18.0. The van der Waals surface area contributed by atoms with Gasteiger partial charge in [0.1, 0.15) is 11.6 Å². The predicted octanol–water partition coefficient (Wildman–Crippen LogP) is 5.95. The predicted molar refractivity (Wildman–Crippen MR) is 134 cm³/mol. The van der Waals surface area contributed by atoms with Crippen molar-refractivity contribution < 1.29 is 27.1 Å². The molecule has 1 aliphatic carbocycles. The molecule has 11 heteroatoms. The van der Waals surface area contributed by atoms with Gasteiger partial charge in [0.25, 0.3) is 5.56 Å². The van der Waals surface area contributed by atoms with Crippen molar-refractivity contribution in [2.75, 3.05) is 0 Å². The number of rotatable bonds is 7. The van der Waals surface area contributed by atoms with E-state index < -0.39 is 34.5 Å². The Balaban J connectivity index is 1.40. The first-order valence-electron chi connectivity index (χ1n) is 12.1. The number of halogens is 5. The fourth-order valence-corrected chi connectivity index (χ4v) is 4.75. The third kappa shape index (κ3) is 6.60. The molecule has 6 nitrogen and oxygen atoms in total. The molecule has 3 aromatic rings. The Labute approximate surface area is 221 Å². The third-order valence-electron chi connectivity index (χ3n) is 6.56. The summed E-state index contributed by atoms with van der Waals surface area (Å²) in [5, 5.41) is 3.27. The molecule has 0 aliphatic heterocycles. The van der Waals surface area contributed by atoms with E-state index >= 15 is 4.39 Å². The summed E-state index contributed by atoms with van der Waals surface area (Å²) in [6, 6.07) is 10.2. The van der Waals surface area contributed by atoms with E-state index in [1.165, 1.54) is 6.92 Å². The molecule has 1 aromatic heterocycles. The van der Waals surface area contributed by atoms with Gasteiger partial charge in [-0.2, -0.15) is 13.2 Å². The van der Waals surface area contributed by atoms with E-state index in [0.717, 1.165) is 23.8 Å². The maximum absolute atomic E-state index is 15.4. The second-order valence-corrected chi connectivity index (χ2v) is 9.70. The molecule has 2 N–H and O–H groups in total. The van der Waals surface area contributed by atoms with Crippen LogP contribution >= 0.6 is 11.6 Å². The minimum atomic E-state index is -4.88. The number of ether oxygens (including phenoxy) is 1. The third-order valence-corrected chi connectivity index (χ3v) is 6.93. The molecule has 1 saturated carbocycles. The second-order valence-electron chi connectivity index (χ2n) is 9.29. The maximum Gasteiger partial charge on any atom is 0.417 e. The van der Waals surface area contributed by atoms with Crippen molar-refractivity contribution in [1.82, 2.24) is 15.3 Å². The minimum absolute atomic E-state index is 0.0192. The van der Waals surface area contributed by atoms with Crippen molar-refractivity contribution in [3.05, 3.63) is 86.0 Å². The molecule has 0 saturated heterocycles. The highest BCUT2D eigenvalue weighted by molar-refractivity contribution is 6.31. The topological polar surface area (TPSA) is 84.1 Å². The average Bonchev–Trinajstić information content (AvgIpc) is 2.86. The molecule has 202 valence electrons. The molecule has 4 rings (SSSR count). The van der Waals surface area contributed by atoms with Crippen molar-refractivity contribution >= 4 is 17.5 Å². The van der Waals surface area contributed by atoms with Crippen molar-refractivity contribution in [3.63, 3.8) is 0 Å². The second kappa shape index (κ2) is 11.7. The van der Waals surface area contributed by atoms with E-state index in [4.69, 9.17) is 16.3 Å². The molecule has 2 aromatic carbocycles. The number of hydrogen-bond acceptors (Lipinski definition) is 4. The highest BCUT2D eigenvalue weighted by Gasteiger charge is 2.37. The van der Waals surface area contributed by atoms with Crippen LogP contribution in [0, 0.1) is 18.7 Å². The standard InChI is InChI=1S/C27H26ClF4N3O3/c1-15-12-22(36)35-25(34-15)23-20(27(30,31)32)11-8-17(24(23)29)13-33-26(37)16-6-9-19(10-7-16)38-14-18-4-2-3-5-21(18)28/h2-5,8,11-12,16,19H,6-7,9-10,13-14H2,1H3,(H,33,37)(H,34,35,36)/t16-,19-. The van der Waals surface area contributed by atoms with Crippen LogP contribution in [-0.4, -0.2) is 22.0 Å². The number of nitrogens with one attached hydrogen (secondary N) is 2. The molecule has 0 unspecified atom stereocenters. The van der Waals surface area contributed by atoms with Crippen molar-refractivity contribution in [2.24, 2.45) is 5.92 Å². The van der Waals surface area contributed by atoms with Gasteiger partial charge in [0.15, 0.2) is 0 Å². The van der Waals surface area contributed by atoms with Crippen LogP contribution in [0.2, 0.25) is 5.02 Å². The van der Waals surface area contributed by atoms with Crippen molar-refractivity contribution in [2.45, 2.75) is 58.0 Å². The number of hydrogen-bond donors (Lipinski definition) is 2. The SMILES string of the molecule is Cc1cc(=O)[nH]c(-c2c(C(F)(F)F)ccc(CNC(=O)[C@H]3CC[C@H](OCc4ccccc4Cl)CC3)c2F)n1. The monoisotopic (exact) mass is 551 g/mol. The van der Waals surface area contributed by atoms with E-state index in [2.05, 4.69) is 15.3 Å². The zero-order valence-corrected chi connectivity index (χ0v) is 21.3. The van der Waals surface area contributed by atoms with Gasteiger partial charge in [-0.05, 0) is 50.3 Å². The molecule has 0 radical (unpaired) electrons. The van der Waals surface area contributed by atoms with E-state index in [9.17, 15) is 22.8 Å².